The number of rotatable bonds is 3. The molecule has 1 heterocycles. The largest absolute Gasteiger partial charge is 0.382 e. The van der Waals surface area contributed by atoms with Crippen LogP contribution in [0.5, 0.6) is 0 Å². The van der Waals surface area contributed by atoms with Crippen molar-refractivity contribution in [2.24, 2.45) is 0 Å². The first-order chi connectivity index (χ1) is 8.58. The lowest BCUT2D eigenvalue weighted by Gasteiger charge is -2.10. The Bertz CT molecular complexity index is 570. The van der Waals surface area contributed by atoms with Crippen LogP contribution >= 0.6 is 23.2 Å². The number of nitrogen functional groups attached to an aromatic ring is 1. The minimum absolute atomic E-state index is 0.272. The number of nitrogens with zero attached hydrogens (tertiary/aromatic N) is 1. The topological polar surface area (TPSA) is 50.9 Å². The molecule has 3 N–H and O–H groups in total. The Morgan fingerprint density at radius 1 is 1.22 bits per heavy atom. The lowest BCUT2D eigenvalue weighted by molar-refractivity contribution is 1.09. The summed E-state index contributed by atoms with van der Waals surface area (Å²) in [7, 11) is 0. The first-order valence-corrected chi connectivity index (χ1v) is 6.23. The van der Waals surface area contributed by atoms with Crippen molar-refractivity contribution < 1.29 is 0 Å². The third kappa shape index (κ3) is 2.86. The van der Waals surface area contributed by atoms with Gasteiger partial charge in [0.2, 0.25) is 0 Å². The maximum atomic E-state index is 6.04. The molecule has 0 aliphatic heterocycles. The minimum Gasteiger partial charge on any atom is -0.382 e. The molecule has 0 amide bonds. The van der Waals surface area contributed by atoms with E-state index in [1.807, 2.05) is 12.1 Å². The van der Waals surface area contributed by atoms with Crippen LogP contribution in [0, 0.1) is 6.92 Å². The molecule has 0 aliphatic carbocycles. The molecule has 0 saturated heterocycles. The van der Waals surface area contributed by atoms with E-state index in [4.69, 9.17) is 28.9 Å². The Morgan fingerprint density at radius 3 is 2.67 bits per heavy atom. The lowest BCUT2D eigenvalue weighted by atomic mass is 10.1. The van der Waals surface area contributed by atoms with Gasteiger partial charge in [-0.15, -0.1) is 0 Å². The third-order valence-electron chi connectivity index (χ3n) is 2.66. The molecule has 5 heteroatoms. The molecule has 0 radical (unpaired) electrons. The number of aromatic nitrogens is 1. The number of aryl methyl sites for hydroxylation is 1. The van der Waals surface area contributed by atoms with Crippen LogP contribution in [0.2, 0.25) is 10.0 Å². The normalized spacial score (nSPS) is 10.4. The lowest BCUT2D eigenvalue weighted by Crippen LogP contribution is -2.05. The average molecular weight is 282 g/mol. The molecule has 0 aliphatic rings. The molecule has 2 rings (SSSR count). The van der Waals surface area contributed by atoms with Crippen LogP contribution < -0.4 is 11.1 Å². The fourth-order valence-electron chi connectivity index (χ4n) is 1.59. The number of nitrogens with one attached hydrogen (secondary N) is 1. The summed E-state index contributed by atoms with van der Waals surface area (Å²) in [6, 6.07) is 9.70. The van der Waals surface area contributed by atoms with E-state index < -0.39 is 0 Å². The van der Waals surface area contributed by atoms with Crippen molar-refractivity contribution in [3.63, 3.8) is 0 Å². The van der Waals surface area contributed by atoms with Crippen LogP contribution in [0.4, 0.5) is 11.6 Å². The van der Waals surface area contributed by atoms with E-state index in [2.05, 4.69) is 29.4 Å². The highest BCUT2D eigenvalue weighted by molar-refractivity contribution is 6.37. The van der Waals surface area contributed by atoms with Crippen molar-refractivity contribution >= 4 is 34.8 Å². The standard InChI is InChI=1S/C13H13Cl2N3/c1-8-4-2-3-5-9(8)7-17-13-11(15)6-10(14)12(16)18-13/h2-6H,7H2,1H3,(H3,16,17,18). The first kappa shape index (κ1) is 13.0. The van der Waals surface area contributed by atoms with E-state index in [0.717, 1.165) is 0 Å². The molecule has 3 nitrogen and oxygen atoms in total. The molecule has 1 aromatic heterocycles. The number of halogens is 2. The predicted octanol–water partition coefficient (Wildman–Crippen LogP) is 3.89. The predicted molar refractivity (Wildman–Crippen MR) is 77.2 cm³/mol. The van der Waals surface area contributed by atoms with Crippen molar-refractivity contribution in [2.45, 2.75) is 13.5 Å². The summed E-state index contributed by atoms with van der Waals surface area (Å²) in [6.07, 6.45) is 0. The SMILES string of the molecule is Cc1ccccc1CNc1nc(N)c(Cl)cc1Cl. The molecule has 0 saturated carbocycles. The van der Waals surface area contributed by atoms with Crippen LogP contribution in [0.15, 0.2) is 30.3 Å². The van der Waals surface area contributed by atoms with Gasteiger partial charge in [0.1, 0.15) is 11.6 Å². The van der Waals surface area contributed by atoms with E-state index in [1.165, 1.54) is 11.1 Å². The van der Waals surface area contributed by atoms with Crippen molar-refractivity contribution in [3.05, 3.63) is 51.5 Å². The Hall–Kier alpha value is -1.45. The molecule has 0 unspecified atom stereocenters. The van der Waals surface area contributed by atoms with Crippen LogP contribution in [0.3, 0.4) is 0 Å². The molecule has 0 atom stereocenters. The second kappa shape index (κ2) is 5.46. The molecule has 18 heavy (non-hydrogen) atoms. The van der Waals surface area contributed by atoms with Gasteiger partial charge in [0.25, 0.3) is 0 Å². The van der Waals surface area contributed by atoms with Crippen molar-refractivity contribution in [2.75, 3.05) is 11.1 Å². The third-order valence-corrected chi connectivity index (χ3v) is 3.26. The fraction of sp³-hybridized carbons (Fsp3) is 0.154. The van der Waals surface area contributed by atoms with Gasteiger partial charge in [0, 0.05) is 6.54 Å². The minimum atomic E-state index is 0.272. The summed E-state index contributed by atoms with van der Waals surface area (Å²) in [5.41, 5.74) is 8.04. The highest BCUT2D eigenvalue weighted by Crippen LogP contribution is 2.27. The highest BCUT2D eigenvalue weighted by Gasteiger charge is 2.07. The maximum absolute atomic E-state index is 6.04. The number of anilines is 2. The Kier molecular flexibility index (Phi) is 3.94. The Balaban J connectivity index is 2.16. The summed E-state index contributed by atoms with van der Waals surface area (Å²) < 4.78 is 0. The molecule has 94 valence electrons. The van der Waals surface area contributed by atoms with Gasteiger partial charge in [-0.05, 0) is 24.1 Å². The van der Waals surface area contributed by atoms with E-state index >= 15 is 0 Å². The molecular formula is C13H13Cl2N3. The van der Waals surface area contributed by atoms with Crippen LogP contribution in [0.25, 0.3) is 0 Å². The van der Waals surface area contributed by atoms with Gasteiger partial charge in [0.15, 0.2) is 0 Å². The molecule has 1 aromatic carbocycles. The van der Waals surface area contributed by atoms with Crippen molar-refractivity contribution in [1.29, 1.82) is 0 Å². The van der Waals surface area contributed by atoms with Crippen molar-refractivity contribution in [3.8, 4) is 0 Å². The quantitative estimate of drug-likeness (QED) is 0.897. The summed E-state index contributed by atoms with van der Waals surface area (Å²) in [5, 5.41) is 3.98. The highest BCUT2D eigenvalue weighted by atomic mass is 35.5. The number of pyridine rings is 1. The molecule has 0 fully saturated rings. The monoisotopic (exact) mass is 281 g/mol. The van der Waals surface area contributed by atoms with E-state index in [0.29, 0.717) is 22.4 Å². The summed E-state index contributed by atoms with van der Waals surface area (Å²) in [6.45, 7) is 2.70. The second-order valence-corrected chi connectivity index (χ2v) is 4.78. The van der Waals surface area contributed by atoms with Gasteiger partial charge < -0.3 is 11.1 Å². The van der Waals surface area contributed by atoms with Gasteiger partial charge in [-0.25, -0.2) is 4.98 Å². The van der Waals surface area contributed by atoms with Gasteiger partial charge in [0.05, 0.1) is 10.0 Å². The van der Waals surface area contributed by atoms with E-state index in [-0.39, 0.29) is 5.82 Å². The fourth-order valence-corrected chi connectivity index (χ4v) is 2.02. The average Bonchev–Trinajstić information content (AvgIpc) is 2.34. The summed E-state index contributed by atoms with van der Waals surface area (Å²) in [4.78, 5) is 4.12. The van der Waals surface area contributed by atoms with E-state index in [1.54, 1.807) is 6.07 Å². The van der Waals surface area contributed by atoms with Crippen LogP contribution in [-0.2, 0) is 6.54 Å². The number of hydrogen-bond donors (Lipinski definition) is 2. The Labute approximate surface area is 116 Å². The van der Waals surface area contributed by atoms with Crippen LogP contribution in [0.1, 0.15) is 11.1 Å². The number of nitrogens with two attached hydrogens (primary N) is 1. The van der Waals surface area contributed by atoms with E-state index in [9.17, 15) is 0 Å². The second-order valence-electron chi connectivity index (χ2n) is 3.97. The van der Waals surface area contributed by atoms with Gasteiger partial charge in [-0.3, -0.25) is 0 Å². The van der Waals surface area contributed by atoms with Crippen LogP contribution in [-0.4, -0.2) is 4.98 Å². The number of hydrogen-bond acceptors (Lipinski definition) is 3. The van der Waals surface area contributed by atoms with Gasteiger partial charge >= 0.3 is 0 Å². The van der Waals surface area contributed by atoms with Gasteiger partial charge in [-0.2, -0.15) is 0 Å². The zero-order valence-corrected chi connectivity index (χ0v) is 11.4. The molecule has 0 spiro atoms. The maximum Gasteiger partial charge on any atom is 0.147 e. The van der Waals surface area contributed by atoms with Crippen molar-refractivity contribution in [1.82, 2.24) is 4.98 Å². The molecular weight excluding hydrogens is 269 g/mol. The number of benzene rings is 1. The molecule has 0 bridgehead atoms. The molecule has 2 aromatic rings. The smallest absolute Gasteiger partial charge is 0.147 e. The van der Waals surface area contributed by atoms with Gasteiger partial charge in [-0.1, -0.05) is 47.5 Å². The first-order valence-electron chi connectivity index (χ1n) is 5.48. The zero-order valence-electron chi connectivity index (χ0n) is 9.87. The zero-order chi connectivity index (χ0) is 13.1. The Morgan fingerprint density at radius 2 is 1.94 bits per heavy atom. The summed E-state index contributed by atoms with van der Waals surface area (Å²) >= 11 is 11.9. The summed E-state index contributed by atoms with van der Waals surface area (Å²) in [5.74, 6) is 0.815.